The molecule has 0 saturated heterocycles. The molecule has 0 bridgehead atoms. The third-order valence-electron chi connectivity index (χ3n) is 3.49. The summed E-state index contributed by atoms with van der Waals surface area (Å²) in [4.78, 5) is 24.2. The molecule has 7 nitrogen and oxygen atoms in total. The van der Waals surface area contributed by atoms with E-state index in [0.29, 0.717) is 28.7 Å². The van der Waals surface area contributed by atoms with Gasteiger partial charge >= 0.3 is 0 Å². The van der Waals surface area contributed by atoms with E-state index in [-0.39, 0.29) is 23.0 Å². The molecule has 0 aliphatic carbocycles. The van der Waals surface area contributed by atoms with E-state index in [1.54, 1.807) is 28.9 Å². The molecule has 0 spiro atoms. The van der Waals surface area contributed by atoms with Gasteiger partial charge in [-0.25, -0.2) is 4.68 Å². The van der Waals surface area contributed by atoms with Crippen LogP contribution in [-0.2, 0) is 10.3 Å². The largest absolute Gasteiger partial charge is 0.326 e. The number of aromatic nitrogens is 4. The summed E-state index contributed by atoms with van der Waals surface area (Å²) in [6.45, 7) is 9.99. The van der Waals surface area contributed by atoms with Crippen LogP contribution in [0.15, 0.2) is 29.4 Å². The Morgan fingerprint density at radius 2 is 1.85 bits per heavy atom. The van der Waals surface area contributed by atoms with E-state index in [1.807, 2.05) is 34.6 Å². The Labute approximate surface area is 157 Å². The van der Waals surface area contributed by atoms with Gasteiger partial charge in [-0.05, 0) is 61.4 Å². The van der Waals surface area contributed by atoms with Gasteiger partial charge in [-0.3, -0.25) is 9.59 Å². The molecule has 0 aliphatic rings. The van der Waals surface area contributed by atoms with Gasteiger partial charge in [0.25, 0.3) is 0 Å². The maximum atomic E-state index is 12.4. The van der Waals surface area contributed by atoms with E-state index in [1.165, 1.54) is 11.8 Å². The lowest BCUT2D eigenvalue weighted by molar-refractivity contribution is -0.116. The summed E-state index contributed by atoms with van der Waals surface area (Å²) in [7, 11) is 0. The van der Waals surface area contributed by atoms with E-state index in [4.69, 9.17) is 0 Å². The quantitative estimate of drug-likeness (QED) is 0.589. The van der Waals surface area contributed by atoms with Gasteiger partial charge in [0, 0.05) is 17.7 Å². The van der Waals surface area contributed by atoms with Crippen molar-refractivity contribution in [2.24, 2.45) is 5.92 Å². The number of nitrogens with zero attached hydrogens (tertiary/aromatic N) is 4. The van der Waals surface area contributed by atoms with Crippen molar-refractivity contribution in [1.29, 1.82) is 0 Å². The molecule has 2 rings (SSSR count). The maximum Gasteiger partial charge on any atom is 0.224 e. The maximum absolute atomic E-state index is 12.4. The number of anilines is 1. The van der Waals surface area contributed by atoms with Crippen LogP contribution in [0.1, 0.15) is 51.4 Å². The van der Waals surface area contributed by atoms with E-state index >= 15 is 0 Å². The second kappa shape index (κ2) is 8.44. The predicted molar refractivity (Wildman–Crippen MR) is 102 cm³/mol. The third kappa shape index (κ3) is 5.66. The minimum absolute atomic E-state index is 0.0153. The first kappa shape index (κ1) is 20.1. The number of rotatable bonds is 7. The number of Topliss-reactive ketones (excluding diaryl/α,β-unsaturated/α-hetero) is 1. The van der Waals surface area contributed by atoms with Crippen LogP contribution in [0.2, 0.25) is 0 Å². The van der Waals surface area contributed by atoms with Crippen LogP contribution in [0, 0.1) is 5.92 Å². The number of nitrogens with one attached hydrogen (secondary N) is 1. The number of thioether (sulfide) groups is 1. The fraction of sp³-hybridized carbons (Fsp3) is 0.500. The van der Waals surface area contributed by atoms with Crippen LogP contribution < -0.4 is 5.32 Å². The molecule has 0 atom stereocenters. The summed E-state index contributed by atoms with van der Waals surface area (Å²) >= 11 is 1.31. The monoisotopic (exact) mass is 375 g/mol. The van der Waals surface area contributed by atoms with Gasteiger partial charge in [-0.15, -0.1) is 5.10 Å². The van der Waals surface area contributed by atoms with Crippen LogP contribution >= 0.6 is 11.8 Å². The molecular weight excluding hydrogens is 350 g/mol. The van der Waals surface area contributed by atoms with Crippen LogP contribution in [0.4, 0.5) is 5.69 Å². The van der Waals surface area contributed by atoms with Crippen LogP contribution in [-0.4, -0.2) is 37.7 Å². The Kier molecular flexibility index (Phi) is 6.52. The van der Waals surface area contributed by atoms with E-state index in [0.717, 1.165) is 0 Å². The fourth-order valence-corrected chi connectivity index (χ4v) is 3.18. The zero-order valence-corrected chi connectivity index (χ0v) is 16.6. The molecule has 1 N–H and O–H groups in total. The van der Waals surface area contributed by atoms with Crippen LogP contribution in [0.5, 0.6) is 0 Å². The summed E-state index contributed by atoms with van der Waals surface area (Å²) in [5.74, 6) is 0.509. The average Bonchev–Trinajstić information content (AvgIpc) is 3.01. The lowest BCUT2D eigenvalue weighted by Crippen LogP contribution is -2.24. The number of benzene rings is 1. The van der Waals surface area contributed by atoms with Crippen LogP contribution in [0.25, 0.3) is 0 Å². The Balaban J connectivity index is 1.94. The number of tetrazole rings is 1. The average molecular weight is 375 g/mol. The first-order valence-corrected chi connectivity index (χ1v) is 9.50. The minimum atomic E-state index is -0.245. The van der Waals surface area contributed by atoms with Gasteiger partial charge in [0.15, 0.2) is 5.78 Å². The van der Waals surface area contributed by atoms with E-state index in [2.05, 4.69) is 20.8 Å². The molecule has 1 aromatic heterocycles. The summed E-state index contributed by atoms with van der Waals surface area (Å²) in [6.07, 6.45) is 0.472. The van der Waals surface area contributed by atoms with E-state index < -0.39 is 0 Å². The normalized spacial score (nSPS) is 11.6. The topological polar surface area (TPSA) is 89.8 Å². The number of carbonyl (C=O) groups excluding carboxylic acids is 2. The first-order valence-electron chi connectivity index (χ1n) is 8.51. The summed E-state index contributed by atoms with van der Waals surface area (Å²) < 4.78 is 1.71. The lowest BCUT2D eigenvalue weighted by Gasteiger charge is -2.19. The van der Waals surface area contributed by atoms with Gasteiger partial charge < -0.3 is 5.32 Å². The van der Waals surface area contributed by atoms with Crippen molar-refractivity contribution in [3.05, 3.63) is 29.8 Å². The lowest BCUT2D eigenvalue weighted by atomic mass is 10.1. The Bertz CT molecular complexity index is 763. The molecule has 140 valence electrons. The molecule has 26 heavy (non-hydrogen) atoms. The Morgan fingerprint density at radius 1 is 1.19 bits per heavy atom. The van der Waals surface area contributed by atoms with Crippen molar-refractivity contribution in [2.45, 2.75) is 51.7 Å². The molecule has 0 unspecified atom stereocenters. The number of amides is 1. The van der Waals surface area contributed by atoms with Gasteiger partial charge in [0.05, 0.1) is 11.3 Å². The SMILES string of the molecule is CC(C)CC(=O)Nc1ccc(C(=O)CSc2nnnn2C(C)(C)C)cc1. The molecule has 0 radical (unpaired) electrons. The molecule has 1 amide bonds. The number of hydrogen-bond acceptors (Lipinski definition) is 6. The summed E-state index contributed by atoms with van der Waals surface area (Å²) in [6, 6.07) is 6.94. The molecule has 0 saturated carbocycles. The molecule has 8 heteroatoms. The van der Waals surface area contributed by atoms with Gasteiger partial charge in [-0.1, -0.05) is 25.6 Å². The van der Waals surface area contributed by atoms with Crippen molar-refractivity contribution in [1.82, 2.24) is 20.2 Å². The van der Waals surface area contributed by atoms with Crippen molar-refractivity contribution >= 4 is 29.1 Å². The van der Waals surface area contributed by atoms with Gasteiger partial charge in [-0.2, -0.15) is 0 Å². The van der Waals surface area contributed by atoms with E-state index in [9.17, 15) is 9.59 Å². The minimum Gasteiger partial charge on any atom is -0.326 e. The fourth-order valence-electron chi connectivity index (χ4n) is 2.23. The summed E-state index contributed by atoms with van der Waals surface area (Å²) in [5, 5.41) is 15.1. The van der Waals surface area contributed by atoms with Crippen molar-refractivity contribution in [2.75, 3.05) is 11.1 Å². The van der Waals surface area contributed by atoms with Crippen LogP contribution in [0.3, 0.4) is 0 Å². The number of ketones is 1. The first-order chi connectivity index (χ1) is 12.2. The smallest absolute Gasteiger partial charge is 0.224 e. The predicted octanol–water partition coefficient (Wildman–Crippen LogP) is 3.39. The molecule has 1 heterocycles. The van der Waals surface area contributed by atoms with Gasteiger partial charge in [0.1, 0.15) is 0 Å². The molecule has 2 aromatic rings. The van der Waals surface area contributed by atoms with Crippen molar-refractivity contribution in [3.63, 3.8) is 0 Å². The third-order valence-corrected chi connectivity index (χ3v) is 4.41. The Morgan fingerprint density at radius 3 is 2.42 bits per heavy atom. The Hall–Kier alpha value is -2.22. The molecular formula is C18H25N5O2S. The zero-order valence-electron chi connectivity index (χ0n) is 15.8. The highest BCUT2D eigenvalue weighted by atomic mass is 32.2. The summed E-state index contributed by atoms with van der Waals surface area (Å²) in [5.41, 5.74) is 1.04. The zero-order chi connectivity index (χ0) is 19.3. The molecule has 0 aliphatic heterocycles. The van der Waals surface area contributed by atoms with Gasteiger partial charge in [0.2, 0.25) is 11.1 Å². The standard InChI is InChI=1S/C18H25N5O2S/c1-12(2)10-16(25)19-14-8-6-13(7-9-14)15(24)11-26-17-20-21-22-23(17)18(3,4)5/h6-9,12H,10-11H2,1-5H3,(H,19,25). The molecule has 0 fully saturated rings. The second-order valence-electron chi connectivity index (χ2n) is 7.48. The van der Waals surface area contributed by atoms with Crippen molar-refractivity contribution < 1.29 is 9.59 Å². The number of hydrogen-bond donors (Lipinski definition) is 1. The highest BCUT2D eigenvalue weighted by molar-refractivity contribution is 7.99. The second-order valence-corrected chi connectivity index (χ2v) is 8.42. The highest BCUT2D eigenvalue weighted by Gasteiger charge is 2.20. The number of carbonyl (C=O) groups is 2. The molecule has 1 aromatic carbocycles. The van der Waals surface area contributed by atoms with Crippen molar-refractivity contribution in [3.8, 4) is 0 Å². The highest BCUT2D eigenvalue weighted by Crippen LogP contribution is 2.22.